The number of terminal acetylenes is 1. The first-order valence-electron chi connectivity index (χ1n) is 7.53. The molecule has 3 nitrogen and oxygen atoms in total. The first-order valence-corrected chi connectivity index (χ1v) is 7.53. The van der Waals surface area contributed by atoms with Crippen LogP contribution in [-0.4, -0.2) is 22.3 Å². The van der Waals surface area contributed by atoms with Crippen molar-refractivity contribution >= 4 is 16.8 Å². The Kier molecular flexibility index (Phi) is 4.16. The molecule has 0 radical (unpaired) electrons. The second-order valence-electron chi connectivity index (χ2n) is 5.62. The molecular weight excluding hydrogens is 284 g/mol. The molecule has 0 fully saturated rings. The number of para-hydroxylation sites is 1. The van der Waals surface area contributed by atoms with Gasteiger partial charge in [0.1, 0.15) is 5.69 Å². The monoisotopic (exact) mass is 302 g/mol. The number of nitrogens with zero attached hydrogens (tertiary/aromatic N) is 1. The van der Waals surface area contributed by atoms with Gasteiger partial charge in [0.05, 0.1) is 6.54 Å². The van der Waals surface area contributed by atoms with Crippen LogP contribution >= 0.6 is 0 Å². The van der Waals surface area contributed by atoms with Crippen LogP contribution in [0.25, 0.3) is 10.9 Å². The standard InChI is InChI=1S/C20H18N2O/c1-3-12-22(14-16-10-8-15(2)9-11-16)20(23)19-13-17-6-4-5-7-18(17)21-19/h1,4-11,13,21H,12,14H2,2H3. The third-order valence-corrected chi connectivity index (χ3v) is 3.82. The molecule has 1 amide bonds. The van der Waals surface area contributed by atoms with Crippen LogP contribution in [0.2, 0.25) is 0 Å². The van der Waals surface area contributed by atoms with Crippen LogP contribution in [0.15, 0.2) is 54.6 Å². The number of fused-ring (bicyclic) bond motifs is 1. The van der Waals surface area contributed by atoms with Crippen LogP contribution in [0, 0.1) is 19.3 Å². The number of carbonyl (C=O) groups excluding carboxylic acids is 1. The van der Waals surface area contributed by atoms with Crippen molar-refractivity contribution in [1.29, 1.82) is 0 Å². The summed E-state index contributed by atoms with van der Waals surface area (Å²) in [5.74, 6) is 2.49. The van der Waals surface area contributed by atoms with Gasteiger partial charge in [-0.1, -0.05) is 53.9 Å². The molecule has 1 N–H and O–H groups in total. The number of aromatic amines is 1. The zero-order valence-electron chi connectivity index (χ0n) is 13.0. The molecule has 0 saturated carbocycles. The minimum Gasteiger partial charge on any atom is -0.351 e. The van der Waals surface area contributed by atoms with Crippen LogP contribution in [0.5, 0.6) is 0 Å². The molecule has 2 aromatic carbocycles. The van der Waals surface area contributed by atoms with Crippen molar-refractivity contribution in [3.05, 3.63) is 71.4 Å². The number of benzene rings is 2. The van der Waals surface area contributed by atoms with Crippen molar-refractivity contribution in [3.8, 4) is 12.3 Å². The van der Waals surface area contributed by atoms with Crippen molar-refractivity contribution in [2.45, 2.75) is 13.5 Å². The minimum absolute atomic E-state index is 0.0836. The van der Waals surface area contributed by atoms with E-state index in [1.54, 1.807) is 4.90 Å². The third kappa shape index (κ3) is 3.27. The quantitative estimate of drug-likeness (QED) is 0.732. The Morgan fingerprint density at radius 1 is 1.17 bits per heavy atom. The van der Waals surface area contributed by atoms with Crippen molar-refractivity contribution < 1.29 is 4.79 Å². The molecule has 1 heterocycles. The molecule has 3 aromatic rings. The summed E-state index contributed by atoms with van der Waals surface area (Å²) in [7, 11) is 0. The van der Waals surface area contributed by atoms with Crippen molar-refractivity contribution in [3.63, 3.8) is 0 Å². The molecule has 0 aliphatic heterocycles. The SMILES string of the molecule is C#CCN(Cc1ccc(C)cc1)C(=O)c1cc2ccccc2[nH]1. The maximum Gasteiger partial charge on any atom is 0.271 e. The topological polar surface area (TPSA) is 36.1 Å². The average Bonchev–Trinajstić information content (AvgIpc) is 3.00. The lowest BCUT2D eigenvalue weighted by Gasteiger charge is -2.19. The van der Waals surface area contributed by atoms with E-state index in [0.29, 0.717) is 12.2 Å². The number of nitrogens with one attached hydrogen (secondary N) is 1. The summed E-state index contributed by atoms with van der Waals surface area (Å²) in [4.78, 5) is 17.6. The summed E-state index contributed by atoms with van der Waals surface area (Å²) in [5, 5.41) is 1.02. The highest BCUT2D eigenvalue weighted by Gasteiger charge is 2.17. The summed E-state index contributed by atoms with van der Waals surface area (Å²) in [6, 6.07) is 17.8. The van der Waals surface area contributed by atoms with E-state index in [1.165, 1.54) is 5.56 Å². The Bertz CT molecular complexity index is 836. The number of aryl methyl sites for hydroxylation is 1. The van der Waals surface area contributed by atoms with Gasteiger partial charge in [0.15, 0.2) is 0 Å². The van der Waals surface area contributed by atoms with Gasteiger partial charge in [-0.05, 0) is 24.6 Å². The van der Waals surface area contributed by atoms with Gasteiger partial charge in [0.25, 0.3) is 5.91 Å². The molecule has 0 atom stereocenters. The van der Waals surface area contributed by atoms with Gasteiger partial charge >= 0.3 is 0 Å². The number of H-pyrrole nitrogens is 1. The van der Waals surface area contributed by atoms with Gasteiger partial charge in [-0.15, -0.1) is 6.42 Å². The van der Waals surface area contributed by atoms with E-state index in [-0.39, 0.29) is 12.5 Å². The maximum absolute atomic E-state index is 12.8. The number of hydrogen-bond donors (Lipinski definition) is 1. The maximum atomic E-state index is 12.8. The normalized spacial score (nSPS) is 10.4. The highest BCUT2D eigenvalue weighted by atomic mass is 16.2. The summed E-state index contributed by atoms with van der Waals surface area (Å²) in [6.07, 6.45) is 5.44. The first kappa shape index (κ1) is 14.9. The molecule has 23 heavy (non-hydrogen) atoms. The number of aromatic nitrogens is 1. The minimum atomic E-state index is -0.0836. The number of amides is 1. The lowest BCUT2D eigenvalue weighted by molar-refractivity contribution is 0.0761. The van der Waals surface area contributed by atoms with Gasteiger partial charge in [0.2, 0.25) is 0 Å². The zero-order chi connectivity index (χ0) is 16.2. The Balaban J connectivity index is 1.86. The summed E-state index contributed by atoms with van der Waals surface area (Å²) in [5.41, 5.74) is 3.77. The van der Waals surface area contributed by atoms with E-state index in [1.807, 2.05) is 61.5 Å². The van der Waals surface area contributed by atoms with E-state index in [2.05, 4.69) is 10.9 Å². The molecule has 3 heteroatoms. The van der Waals surface area contributed by atoms with E-state index >= 15 is 0 Å². The second-order valence-corrected chi connectivity index (χ2v) is 5.62. The first-order chi connectivity index (χ1) is 11.2. The zero-order valence-corrected chi connectivity index (χ0v) is 13.0. The van der Waals surface area contributed by atoms with Crippen molar-refractivity contribution in [2.75, 3.05) is 6.54 Å². The number of carbonyl (C=O) groups is 1. The largest absolute Gasteiger partial charge is 0.351 e. The fraction of sp³-hybridized carbons (Fsp3) is 0.150. The average molecular weight is 302 g/mol. The molecular formula is C20H18N2O. The molecule has 0 aliphatic carbocycles. The molecule has 0 bridgehead atoms. The van der Waals surface area contributed by atoms with E-state index < -0.39 is 0 Å². The molecule has 0 aliphatic rings. The smallest absolute Gasteiger partial charge is 0.271 e. The lowest BCUT2D eigenvalue weighted by atomic mass is 10.1. The van der Waals surface area contributed by atoms with Crippen LogP contribution in [0.4, 0.5) is 0 Å². The highest BCUT2D eigenvalue weighted by molar-refractivity contribution is 5.98. The Labute approximate surface area is 135 Å². The van der Waals surface area contributed by atoms with Crippen LogP contribution in [0.3, 0.4) is 0 Å². The molecule has 3 rings (SSSR count). The Morgan fingerprint density at radius 2 is 1.91 bits per heavy atom. The molecule has 114 valence electrons. The fourth-order valence-electron chi connectivity index (χ4n) is 2.58. The highest BCUT2D eigenvalue weighted by Crippen LogP contribution is 2.17. The summed E-state index contributed by atoms with van der Waals surface area (Å²) >= 11 is 0. The lowest BCUT2D eigenvalue weighted by Crippen LogP contribution is -2.31. The van der Waals surface area contributed by atoms with Gasteiger partial charge in [-0.3, -0.25) is 4.79 Å². The van der Waals surface area contributed by atoms with Crippen LogP contribution in [-0.2, 0) is 6.54 Å². The van der Waals surface area contributed by atoms with Crippen molar-refractivity contribution in [2.24, 2.45) is 0 Å². The van der Waals surface area contributed by atoms with E-state index in [4.69, 9.17) is 6.42 Å². The fourth-order valence-corrected chi connectivity index (χ4v) is 2.58. The second kappa shape index (κ2) is 6.41. The van der Waals surface area contributed by atoms with Crippen LogP contribution in [0.1, 0.15) is 21.6 Å². The van der Waals surface area contributed by atoms with E-state index in [9.17, 15) is 4.79 Å². The Morgan fingerprint density at radius 3 is 2.61 bits per heavy atom. The summed E-state index contributed by atoms with van der Waals surface area (Å²) < 4.78 is 0. The van der Waals surface area contributed by atoms with Crippen LogP contribution < -0.4 is 0 Å². The molecule has 0 spiro atoms. The van der Waals surface area contributed by atoms with Crippen molar-refractivity contribution in [1.82, 2.24) is 9.88 Å². The predicted molar refractivity (Wildman–Crippen MR) is 93.1 cm³/mol. The number of rotatable bonds is 4. The molecule has 1 aromatic heterocycles. The van der Waals surface area contributed by atoms with E-state index in [0.717, 1.165) is 16.5 Å². The van der Waals surface area contributed by atoms with Gasteiger partial charge in [-0.25, -0.2) is 0 Å². The predicted octanol–water partition coefficient (Wildman–Crippen LogP) is 3.75. The molecule has 0 unspecified atom stereocenters. The van der Waals surface area contributed by atoms with Gasteiger partial charge in [-0.2, -0.15) is 0 Å². The summed E-state index contributed by atoms with van der Waals surface area (Å²) in [6.45, 7) is 2.82. The Hall–Kier alpha value is -2.99. The number of hydrogen-bond acceptors (Lipinski definition) is 1. The van der Waals surface area contributed by atoms with Gasteiger partial charge in [0, 0.05) is 17.4 Å². The molecule has 0 saturated heterocycles. The third-order valence-electron chi connectivity index (χ3n) is 3.82. The van der Waals surface area contributed by atoms with Gasteiger partial charge < -0.3 is 9.88 Å².